The van der Waals surface area contributed by atoms with Gasteiger partial charge in [-0.2, -0.15) is 0 Å². The molecule has 0 saturated heterocycles. The van der Waals surface area contributed by atoms with Crippen molar-refractivity contribution in [2.75, 3.05) is 13.7 Å². The average molecular weight is 116 g/mol. The van der Waals surface area contributed by atoms with Crippen LogP contribution in [0.1, 0.15) is 0 Å². The summed E-state index contributed by atoms with van der Waals surface area (Å²) in [7, 11) is 0.237. The van der Waals surface area contributed by atoms with Crippen LogP contribution in [0.15, 0.2) is 12.7 Å². The molecule has 0 aromatic rings. The van der Waals surface area contributed by atoms with Gasteiger partial charge in [-0.15, -0.1) is 6.58 Å². The van der Waals surface area contributed by atoms with Crippen molar-refractivity contribution < 1.29 is 14.3 Å². The van der Waals surface area contributed by atoms with Crippen LogP contribution in [0.2, 0.25) is 0 Å². The molecule has 0 heterocycles. The van der Waals surface area contributed by atoms with Gasteiger partial charge >= 0.3 is 7.32 Å². The minimum atomic E-state index is -1.12. The monoisotopic (exact) mass is 116 g/mol. The average Bonchev–Trinajstić information content (AvgIpc) is 1.83. The van der Waals surface area contributed by atoms with Gasteiger partial charge in [0.25, 0.3) is 0 Å². The van der Waals surface area contributed by atoms with E-state index in [0.717, 1.165) is 0 Å². The molecule has 0 aliphatic heterocycles. The molecule has 0 fully saturated rings. The minimum absolute atomic E-state index is 0.301. The van der Waals surface area contributed by atoms with Gasteiger partial charge in [-0.3, -0.25) is 0 Å². The maximum Gasteiger partial charge on any atom is 0.636 e. The van der Waals surface area contributed by atoms with Crippen LogP contribution in [0.25, 0.3) is 0 Å². The van der Waals surface area contributed by atoms with Crippen LogP contribution in [0.3, 0.4) is 0 Å². The van der Waals surface area contributed by atoms with Gasteiger partial charge in [0, 0.05) is 7.11 Å². The van der Waals surface area contributed by atoms with Gasteiger partial charge < -0.3 is 14.3 Å². The highest BCUT2D eigenvalue weighted by atomic mass is 16.7. The van der Waals surface area contributed by atoms with Crippen molar-refractivity contribution in [3.05, 3.63) is 12.7 Å². The molecule has 0 aliphatic carbocycles. The largest absolute Gasteiger partial charge is 0.636 e. The molecule has 0 amide bonds. The van der Waals surface area contributed by atoms with E-state index in [9.17, 15) is 0 Å². The maximum absolute atomic E-state index is 8.50. The fourth-order valence-corrected chi connectivity index (χ4v) is 0.218. The first kappa shape index (κ1) is 7.68. The Morgan fingerprint density at radius 2 is 2.50 bits per heavy atom. The van der Waals surface area contributed by atoms with E-state index in [-0.39, 0.29) is 0 Å². The van der Waals surface area contributed by atoms with Gasteiger partial charge in [-0.25, -0.2) is 0 Å². The minimum Gasteiger partial charge on any atom is -0.402 e. The number of hydrogen-bond donors (Lipinski definition) is 1. The smallest absolute Gasteiger partial charge is 0.402 e. The van der Waals surface area contributed by atoms with E-state index < -0.39 is 7.32 Å². The summed E-state index contributed by atoms with van der Waals surface area (Å²) in [5.74, 6) is 0. The van der Waals surface area contributed by atoms with Gasteiger partial charge in [-0.05, 0) is 0 Å². The maximum atomic E-state index is 8.50. The van der Waals surface area contributed by atoms with Gasteiger partial charge in [-0.1, -0.05) is 6.08 Å². The Bertz CT molecular complexity index is 66.3. The van der Waals surface area contributed by atoms with Gasteiger partial charge in [0.1, 0.15) is 0 Å². The zero-order valence-corrected chi connectivity index (χ0v) is 4.83. The summed E-state index contributed by atoms with van der Waals surface area (Å²) in [6.45, 7) is 3.68. The summed E-state index contributed by atoms with van der Waals surface area (Å²) in [6.07, 6.45) is 1.53. The number of rotatable bonds is 4. The van der Waals surface area contributed by atoms with E-state index in [1.807, 2.05) is 0 Å². The lowest BCUT2D eigenvalue weighted by Gasteiger charge is -1.99. The van der Waals surface area contributed by atoms with Crippen molar-refractivity contribution >= 4 is 7.32 Å². The number of hydrogen-bond acceptors (Lipinski definition) is 3. The Hall–Kier alpha value is -0.315. The third-order valence-electron chi connectivity index (χ3n) is 0.558. The zero-order chi connectivity index (χ0) is 6.41. The van der Waals surface area contributed by atoms with Crippen LogP contribution in [-0.4, -0.2) is 26.1 Å². The van der Waals surface area contributed by atoms with Crippen LogP contribution in [-0.2, 0) is 9.31 Å². The third kappa shape index (κ3) is 3.86. The summed E-state index contributed by atoms with van der Waals surface area (Å²) in [5.41, 5.74) is 0. The van der Waals surface area contributed by atoms with Crippen LogP contribution < -0.4 is 0 Å². The summed E-state index contributed by atoms with van der Waals surface area (Å²) in [6, 6.07) is 0. The fraction of sp³-hybridized carbons (Fsp3) is 0.500. The summed E-state index contributed by atoms with van der Waals surface area (Å²) >= 11 is 0. The van der Waals surface area contributed by atoms with Crippen molar-refractivity contribution in [3.8, 4) is 0 Å². The molecule has 0 saturated carbocycles. The molecule has 0 unspecified atom stereocenters. The predicted molar refractivity (Wildman–Crippen MR) is 31.1 cm³/mol. The van der Waals surface area contributed by atoms with E-state index in [1.165, 1.54) is 13.2 Å². The fourth-order valence-electron chi connectivity index (χ4n) is 0.218. The lowest BCUT2D eigenvalue weighted by atomic mass is 10.2. The Balaban J connectivity index is 2.97. The Kier molecular flexibility index (Phi) is 4.64. The first-order chi connectivity index (χ1) is 3.81. The molecule has 0 bridgehead atoms. The summed E-state index contributed by atoms with van der Waals surface area (Å²) in [4.78, 5) is 0. The van der Waals surface area contributed by atoms with Crippen molar-refractivity contribution in [1.82, 2.24) is 0 Å². The van der Waals surface area contributed by atoms with Gasteiger partial charge in [0.2, 0.25) is 0 Å². The van der Waals surface area contributed by atoms with Gasteiger partial charge in [0.15, 0.2) is 0 Å². The molecule has 1 N–H and O–H groups in total. The SMILES string of the molecule is C=CCOB(O)OC. The molecule has 0 spiro atoms. The molecular formula is C4H9BO3. The lowest BCUT2D eigenvalue weighted by molar-refractivity contribution is 0.175. The van der Waals surface area contributed by atoms with E-state index >= 15 is 0 Å². The highest BCUT2D eigenvalue weighted by molar-refractivity contribution is 6.34. The molecule has 4 heteroatoms. The second-order valence-corrected chi connectivity index (χ2v) is 1.16. The second-order valence-electron chi connectivity index (χ2n) is 1.16. The third-order valence-corrected chi connectivity index (χ3v) is 0.558. The highest BCUT2D eigenvalue weighted by Gasteiger charge is 2.09. The normalized spacial score (nSPS) is 8.75. The lowest BCUT2D eigenvalue weighted by Crippen LogP contribution is -2.20. The molecule has 0 radical (unpaired) electrons. The molecule has 3 nitrogen and oxygen atoms in total. The van der Waals surface area contributed by atoms with E-state index in [4.69, 9.17) is 5.02 Å². The molecule has 0 rings (SSSR count). The molecular weight excluding hydrogens is 107 g/mol. The Labute approximate surface area is 49.1 Å². The quantitative estimate of drug-likeness (QED) is 0.408. The van der Waals surface area contributed by atoms with E-state index in [0.29, 0.717) is 6.61 Å². The van der Waals surface area contributed by atoms with E-state index in [1.54, 1.807) is 0 Å². The highest BCUT2D eigenvalue weighted by Crippen LogP contribution is 1.79. The molecule has 0 aromatic heterocycles. The van der Waals surface area contributed by atoms with E-state index in [2.05, 4.69) is 15.9 Å². The van der Waals surface area contributed by atoms with Crippen molar-refractivity contribution in [2.24, 2.45) is 0 Å². The first-order valence-corrected chi connectivity index (χ1v) is 2.24. The summed E-state index contributed by atoms with van der Waals surface area (Å²) < 4.78 is 8.89. The van der Waals surface area contributed by atoms with Crippen LogP contribution >= 0.6 is 0 Å². The predicted octanol–water partition coefficient (Wildman–Crippen LogP) is -0.187. The van der Waals surface area contributed by atoms with Crippen molar-refractivity contribution in [1.29, 1.82) is 0 Å². The van der Waals surface area contributed by atoms with Crippen molar-refractivity contribution in [3.63, 3.8) is 0 Å². The van der Waals surface area contributed by atoms with Crippen LogP contribution in [0.4, 0.5) is 0 Å². The molecule has 46 valence electrons. The molecule has 0 atom stereocenters. The Morgan fingerprint density at radius 3 is 2.88 bits per heavy atom. The first-order valence-electron chi connectivity index (χ1n) is 2.24. The van der Waals surface area contributed by atoms with Crippen LogP contribution in [0.5, 0.6) is 0 Å². The molecule has 0 aliphatic rings. The topological polar surface area (TPSA) is 38.7 Å². The standard InChI is InChI=1S/C4H9BO3/c1-3-4-8-5(6)7-2/h3,6H,1,4H2,2H3. The second kappa shape index (κ2) is 4.83. The molecule has 0 aromatic carbocycles. The molecule has 8 heavy (non-hydrogen) atoms. The Morgan fingerprint density at radius 1 is 1.88 bits per heavy atom. The zero-order valence-electron chi connectivity index (χ0n) is 4.83. The van der Waals surface area contributed by atoms with Crippen molar-refractivity contribution in [2.45, 2.75) is 0 Å². The van der Waals surface area contributed by atoms with Gasteiger partial charge in [0.05, 0.1) is 6.61 Å². The van der Waals surface area contributed by atoms with Crippen LogP contribution in [0, 0.1) is 0 Å². The summed E-state index contributed by atoms with van der Waals surface area (Å²) in [5, 5.41) is 8.50.